The predicted molar refractivity (Wildman–Crippen MR) is 71.2 cm³/mol. The minimum absolute atomic E-state index is 0.257. The predicted octanol–water partition coefficient (Wildman–Crippen LogP) is 2.44. The molecule has 1 aliphatic rings. The molecule has 1 heterocycles. The van der Waals surface area contributed by atoms with Crippen LogP contribution in [0.5, 0.6) is 0 Å². The molecule has 1 aliphatic carbocycles. The zero-order valence-corrected chi connectivity index (χ0v) is 10.6. The van der Waals surface area contributed by atoms with Gasteiger partial charge in [0.05, 0.1) is 17.1 Å². The molecule has 0 radical (unpaired) electrons. The number of carbonyl (C=O) groups is 1. The van der Waals surface area contributed by atoms with Crippen LogP contribution in [0.15, 0.2) is 24.3 Å². The van der Waals surface area contributed by atoms with Crippen molar-refractivity contribution in [3.63, 3.8) is 0 Å². The highest BCUT2D eigenvalue weighted by Crippen LogP contribution is 2.45. The minimum atomic E-state index is -0.877. The van der Waals surface area contributed by atoms with Crippen LogP contribution in [0.4, 0.5) is 5.95 Å². The van der Waals surface area contributed by atoms with Crippen LogP contribution in [-0.4, -0.2) is 15.9 Å². The van der Waals surface area contributed by atoms with E-state index in [1.165, 1.54) is 0 Å². The zero-order valence-electron chi connectivity index (χ0n) is 10.6. The van der Waals surface area contributed by atoms with Crippen molar-refractivity contribution in [2.75, 3.05) is 5.32 Å². The Kier molecular flexibility index (Phi) is 2.53. The van der Waals surface area contributed by atoms with Gasteiger partial charge in [-0.1, -0.05) is 19.1 Å². The summed E-state index contributed by atoms with van der Waals surface area (Å²) >= 11 is 0. The number of imidazole rings is 1. The molecule has 1 fully saturated rings. The Morgan fingerprint density at radius 1 is 1.53 bits per heavy atom. The van der Waals surface area contributed by atoms with Gasteiger partial charge in [0.15, 0.2) is 0 Å². The smallest absolute Gasteiger partial charge is 0.247 e. The molecule has 3 rings (SSSR count). The van der Waals surface area contributed by atoms with Crippen LogP contribution >= 0.6 is 0 Å². The van der Waals surface area contributed by atoms with Crippen LogP contribution in [0.25, 0.3) is 11.0 Å². The fraction of sp³-hybridized carbons (Fsp3) is 0.357. The molecule has 1 aromatic carbocycles. The first kappa shape index (κ1) is 11.7. The van der Waals surface area contributed by atoms with Gasteiger partial charge in [0, 0.05) is 0 Å². The second-order valence-electron chi connectivity index (χ2n) is 5.26. The highest BCUT2D eigenvalue weighted by Gasteiger charge is 2.49. The van der Waals surface area contributed by atoms with Crippen LogP contribution in [0, 0.1) is 22.7 Å². The standard InChI is InChI=1S/C14H14N4O/c1-9-6-14(7-9,8-15)12(19)18-13-16-10-4-2-3-5-11(10)17-13/h2-5,9H,6-7H2,1H3,(H2,16,17,18,19). The Bertz CT molecular complexity index is 643. The molecule has 0 saturated heterocycles. The second-order valence-corrected chi connectivity index (χ2v) is 5.26. The molecule has 5 nitrogen and oxygen atoms in total. The number of aromatic amines is 1. The molecule has 0 unspecified atom stereocenters. The normalized spacial score (nSPS) is 25.6. The number of hydrogen-bond donors (Lipinski definition) is 2. The number of hydrogen-bond acceptors (Lipinski definition) is 3. The molecule has 1 saturated carbocycles. The van der Waals surface area contributed by atoms with Gasteiger partial charge in [0.25, 0.3) is 0 Å². The van der Waals surface area contributed by atoms with Crippen molar-refractivity contribution in [1.29, 1.82) is 5.26 Å². The Hall–Kier alpha value is -2.35. The summed E-state index contributed by atoms with van der Waals surface area (Å²) in [5.74, 6) is 0.577. The molecule has 2 N–H and O–H groups in total. The van der Waals surface area contributed by atoms with Gasteiger partial charge >= 0.3 is 0 Å². The van der Waals surface area contributed by atoms with E-state index in [0.717, 1.165) is 11.0 Å². The van der Waals surface area contributed by atoms with E-state index >= 15 is 0 Å². The molecule has 5 heteroatoms. The number of aromatic nitrogens is 2. The number of carbonyl (C=O) groups excluding carboxylic acids is 1. The molecule has 1 amide bonds. The fourth-order valence-electron chi connectivity index (χ4n) is 2.70. The third-order valence-electron chi connectivity index (χ3n) is 3.66. The second kappa shape index (κ2) is 4.09. The quantitative estimate of drug-likeness (QED) is 0.863. The molecule has 19 heavy (non-hydrogen) atoms. The van der Waals surface area contributed by atoms with Crippen molar-refractivity contribution < 1.29 is 4.79 Å². The van der Waals surface area contributed by atoms with Gasteiger partial charge in [0.1, 0.15) is 5.41 Å². The molecule has 0 bridgehead atoms. The maximum Gasteiger partial charge on any atom is 0.247 e. The Balaban J connectivity index is 1.81. The molecule has 1 aromatic heterocycles. The average molecular weight is 254 g/mol. The van der Waals surface area contributed by atoms with E-state index in [4.69, 9.17) is 0 Å². The van der Waals surface area contributed by atoms with E-state index in [2.05, 4.69) is 21.4 Å². The van der Waals surface area contributed by atoms with Gasteiger partial charge in [-0.2, -0.15) is 5.26 Å². The Morgan fingerprint density at radius 2 is 2.26 bits per heavy atom. The van der Waals surface area contributed by atoms with Crippen molar-refractivity contribution in [3.05, 3.63) is 24.3 Å². The van der Waals surface area contributed by atoms with Crippen molar-refractivity contribution in [2.45, 2.75) is 19.8 Å². The monoisotopic (exact) mass is 254 g/mol. The summed E-state index contributed by atoms with van der Waals surface area (Å²) in [6.45, 7) is 2.05. The fourth-order valence-corrected chi connectivity index (χ4v) is 2.70. The number of para-hydroxylation sites is 2. The molecular weight excluding hydrogens is 240 g/mol. The Labute approximate surface area is 110 Å². The van der Waals surface area contributed by atoms with Crippen molar-refractivity contribution in [1.82, 2.24) is 9.97 Å². The van der Waals surface area contributed by atoms with E-state index in [1.54, 1.807) is 0 Å². The van der Waals surface area contributed by atoms with Crippen molar-refractivity contribution in [2.24, 2.45) is 11.3 Å². The van der Waals surface area contributed by atoms with E-state index in [1.807, 2.05) is 31.2 Å². The summed E-state index contributed by atoms with van der Waals surface area (Å²) in [4.78, 5) is 19.5. The number of fused-ring (bicyclic) bond motifs is 1. The number of benzene rings is 1. The van der Waals surface area contributed by atoms with E-state index in [9.17, 15) is 10.1 Å². The molecule has 96 valence electrons. The van der Waals surface area contributed by atoms with Gasteiger partial charge < -0.3 is 4.98 Å². The highest BCUT2D eigenvalue weighted by molar-refractivity contribution is 5.97. The number of nitrogens with one attached hydrogen (secondary N) is 2. The lowest BCUT2D eigenvalue weighted by Crippen LogP contribution is -2.45. The number of amides is 1. The van der Waals surface area contributed by atoms with E-state index < -0.39 is 5.41 Å². The zero-order chi connectivity index (χ0) is 13.5. The summed E-state index contributed by atoms with van der Waals surface area (Å²) in [6, 6.07) is 9.69. The topological polar surface area (TPSA) is 81.6 Å². The number of H-pyrrole nitrogens is 1. The van der Waals surface area contributed by atoms with Gasteiger partial charge in [-0.15, -0.1) is 0 Å². The maximum absolute atomic E-state index is 12.2. The SMILES string of the molecule is CC1CC(C#N)(C(=O)Nc2nc3ccccc3[nH]2)C1. The largest absolute Gasteiger partial charge is 0.324 e. The summed E-state index contributed by atoms with van der Waals surface area (Å²) in [6.07, 6.45) is 1.24. The van der Waals surface area contributed by atoms with Gasteiger partial charge in [-0.3, -0.25) is 10.1 Å². The van der Waals surface area contributed by atoms with Crippen LogP contribution in [0.1, 0.15) is 19.8 Å². The number of anilines is 1. The number of rotatable bonds is 2. The first-order chi connectivity index (χ1) is 9.13. The Morgan fingerprint density at radius 3 is 2.89 bits per heavy atom. The first-order valence-electron chi connectivity index (χ1n) is 6.30. The summed E-state index contributed by atoms with van der Waals surface area (Å²) in [5, 5.41) is 11.9. The molecule has 0 spiro atoms. The lowest BCUT2D eigenvalue weighted by molar-refractivity contribution is -0.128. The third-order valence-corrected chi connectivity index (χ3v) is 3.66. The first-order valence-corrected chi connectivity index (χ1v) is 6.30. The van der Waals surface area contributed by atoms with Gasteiger partial charge in [0.2, 0.25) is 11.9 Å². The van der Waals surface area contributed by atoms with Crippen LogP contribution in [-0.2, 0) is 4.79 Å². The highest BCUT2D eigenvalue weighted by atomic mass is 16.2. The average Bonchev–Trinajstić information content (AvgIpc) is 2.76. The van der Waals surface area contributed by atoms with Gasteiger partial charge in [-0.05, 0) is 30.9 Å². The van der Waals surface area contributed by atoms with Crippen LogP contribution in [0.3, 0.4) is 0 Å². The molecule has 2 aromatic rings. The minimum Gasteiger partial charge on any atom is -0.324 e. The van der Waals surface area contributed by atoms with E-state index in [-0.39, 0.29) is 5.91 Å². The molecule has 0 atom stereocenters. The van der Waals surface area contributed by atoms with Crippen LogP contribution in [0.2, 0.25) is 0 Å². The lowest BCUT2D eigenvalue weighted by atomic mass is 9.63. The van der Waals surface area contributed by atoms with Crippen LogP contribution < -0.4 is 5.32 Å². The van der Waals surface area contributed by atoms with Gasteiger partial charge in [-0.25, -0.2) is 4.98 Å². The lowest BCUT2D eigenvalue weighted by Gasteiger charge is -2.38. The summed E-state index contributed by atoms with van der Waals surface area (Å²) < 4.78 is 0. The van der Waals surface area contributed by atoms with Crippen molar-refractivity contribution in [3.8, 4) is 6.07 Å². The van der Waals surface area contributed by atoms with Crippen molar-refractivity contribution >= 4 is 22.9 Å². The number of nitriles is 1. The maximum atomic E-state index is 12.2. The summed E-state index contributed by atoms with van der Waals surface area (Å²) in [7, 11) is 0. The molecule has 0 aliphatic heterocycles. The number of nitrogens with zero attached hydrogens (tertiary/aromatic N) is 2. The van der Waals surface area contributed by atoms with E-state index in [0.29, 0.717) is 24.7 Å². The third kappa shape index (κ3) is 1.85. The molecular formula is C14H14N4O. The summed E-state index contributed by atoms with van der Waals surface area (Å²) in [5.41, 5.74) is 0.787.